The molecule has 2 aliphatic carbocycles. The van der Waals surface area contributed by atoms with Gasteiger partial charge in [0.15, 0.2) is 0 Å². The van der Waals surface area contributed by atoms with Crippen LogP contribution in [0, 0.1) is 45.3 Å². The van der Waals surface area contributed by atoms with Crippen LogP contribution in [-0.2, 0) is 0 Å². The van der Waals surface area contributed by atoms with Gasteiger partial charge in [-0.2, -0.15) is 21.0 Å². The van der Waals surface area contributed by atoms with Crippen LogP contribution < -0.4 is 4.90 Å². The van der Waals surface area contributed by atoms with E-state index in [0.29, 0.717) is 0 Å². The van der Waals surface area contributed by atoms with E-state index in [9.17, 15) is 21.0 Å². The van der Waals surface area contributed by atoms with Crippen molar-refractivity contribution in [3.63, 3.8) is 0 Å². The molecule has 2 heterocycles. The highest BCUT2D eigenvalue weighted by molar-refractivity contribution is 6.28. The molecule has 0 unspecified atom stereocenters. The first kappa shape index (κ1) is 34.1. The highest BCUT2D eigenvalue weighted by Gasteiger charge is 2.35. The van der Waals surface area contributed by atoms with Crippen molar-refractivity contribution in [1.29, 1.82) is 21.0 Å². The summed E-state index contributed by atoms with van der Waals surface area (Å²) >= 11 is 0. The number of nitriles is 4. The molecule has 61 heavy (non-hydrogen) atoms. The lowest BCUT2D eigenvalue weighted by atomic mass is 9.90. The van der Waals surface area contributed by atoms with Gasteiger partial charge < -0.3 is 9.47 Å². The molecule has 0 atom stereocenters. The molecule has 12 rings (SSSR count). The van der Waals surface area contributed by atoms with Gasteiger partial charge >= 0.3 is 0 Å². The highest BCUT2D eigenvalue weighted by atomic mass is 15.1. The van der Waals surface area contributed by atoms with Gasteiger partial charge in [-0.1, -0.05) is 134 Å². The van der Waals surface area contributed by atoms with E-state index in [1.807, 2.05) is 88.4 Å². The Balaban J connectivity index is 1.22. The van der Waals surface area contributed by atoms with Gasteiger partial charge in [0, 0.05) is 33.7 Å². The molecule has 0 amide bonds. The Morgan fingerprint density at radius 3 is 1.59 bits per heavy atom. The number of benzene rings is 8. The number of anilines is 2. The Morgan fingerprint density at radius 2 is 0.951 bits per heavy atom. The van der Waals surface area contributed by atoms with Crippen molar-refractivity contribution in [2.75, 3.05) is 11.4 Å². The maximum Gasteiger partial charge on any atom is 0.103 e. The number of hydrogen-bond donors (Lipinski definition) is 0. The van der Waals surface area contributed by atoms with Crippen molar-refractivity contribution < 1.29 is 0 Å². The number of para-hydroxylation sites is 1. The molecule has 6 nitrogen and oxygen atoms in total. The lowest BCUT2D eigenvalue weighted by Gasteiger charge is -2.31. The summed E-state index contributed by atoms with van der Waals surface area (Å²) in [5.41, 5.74) is 13.3. The molecule has 6 heteroatoms. The fourth-order valence-corrected chi connectivity index (χ4v) is 10.4. The molecule has 9 aromatic rings. The van der Waals surface area contributed by atoms with E-state index < -0.39 is 0 Å². The third-order valence-corrected chi connectivity index (χ3v) is 12.8. The highest BCUT2D eigenvalue weighted by Crippen LogP contribution is 2.55. The van der Waals surface area contributed by atoms with Crippen LogP contribution in [0.4, 0.5) is 11.4 Å². The zero-order valence-corrected chi connectivity index (χ0v) is 32.5. The van der Waals surface area contributed by atoms with Crippen LogP contribution in [0.15, 0.2) is 152 Å². The summed E-state index contributed by atoms with van der Waals surface area (Å²) < 4.78 is 1.95. The molecule has 0 bridgehead atoms. The quantitative estimate of drug-likeness (QED) is 0.174. The second kappa shape index (κ2) is 12.5. The van der Waals surface area contributed by atoms with Crippen molar-refractivity contribution in [3.05, 3.63) is 180 Å². The zero-order chi connectivity index (χ0) is 41.1. The third-order valence-electron chi connectivity index (χ3n) is 12.8. The minimum absolute atomic E-state index is 0.0148. The second-order valence-corrected chi connectivity index (χ2v) is 15.6. The van der Waals surface area contributed by atoms with Gasteiger partial charge in [0.05, 0.1) is 50.3 Å². The molecule has 3 aliphatic rings. The summed E-state index contributed by atoms with van der Waals surface area (Å²) in [6.45, 7) is 4.75. The van der Waals surface area contributed by atoms with Crippen LogP contribution in [0.3, 0.4) is 0 Å². The first-order valence-electron chi connectivity index (χ1n) is 20.0. The third kappa shape index (κ3) is 4.35. The Hall–Kier alpha value is -8.94. The van der Waals surface area contributed by atoms with Gasteiger partial charge in [0.2, 0.25) is 0 Å². The maximum absolute atomic E-state index is 11.4. The molecule has 0 saturated heterocycles. The van der Waals surface area contributed by atoms with Crippen LogP contribution in [-0.4, -0.2) is 11.1 Å². The maximum atomic E-state index is 11.4. The van der Waals surface area contributed by atoms with Crippen LogP contribution in [0.2, 0.25) is 0 Å². The molecule has 0 saturated carbocycles. The van der Waals surface area contributed by atoms with Crippen LogP contribution in [0.25, 0.3) is 99.1 Å². The molecular formula is C55H28N6. The number of aromatic nitrogens is 1. The molecule has 278 valence electrons. The molecule has 0 spiro atoms. The van der Waals surface area contributed by atoms with Crippen LogP contribution >= 0.6 is 0 Å². The van der Waals surface area contributed by atoms with Crippen molar-refractivity contribution in [1.82, 2.24) is 4.57 Å². The fraction of sp³-hybridized carbons (Fsp3) is 0.0182. The molecular weight excluding hydrogens is 745 g/mol. The Labute approximate surface area is 350 Å². The number of fused-ring (bicyclic) bond motifs is 12. The van der Waals surface area contributed by atoms with E-state index in [1.54, 1.807) is 0 Å². The van der Waals surface area contributed by atoms with E-state index >= 15 is 0 Å². The molecule has 1 aliphatic heterocycles. The SMILES string of the molecule is C=C1/C=C\C=C/CN(c2c(C#N)c(C#N)c(-n3c4ccccc4c4cc5c6c(cccc6c43)-c3ccccc3-5)c(C#N)c2C#N)c2c1cc1c3c(cccc23)-c2ccccc2-1. The van der Waals surface area contributed by atoms with Crippen LogP contribution in [0.5, 0.6) is 0 Å². The summed E-state index contributed by atoms with van der Waals surface area (Å²) in [7, 11) is 0. The Bertz CT molecular complexity index is 3760. The van der Waals surface area contributed by atoms with Crippen molar-refractivity contribution in [2.45, 2.75) is 0 Å². The fourth-order valence-electron chi connectivity index (χ4n) is 10.4. The van der Waals surface area contributed by atoms with E-state index in [4.69, 9.17) is 0 Å². The lowest BCUT2D eigenvalue weighted by Crippen LogP contribution is -2.23. The van der Waals surface area contributed by atoms with Gasteiger partial charge in [-0.3, -0.25) is 0 Å². The van der Waals surface area contributed by atoms with E-state index in [0.717, 1.165) is 105 Å². The monoisotopic (exact) mass is 772 g/mol. The summed E-state index contributed by atoms with van der Waals surface area (Å²) in [6, 6.07) is 51.1. The van der Waals surface area contributed by atoms with Crippen LogP contribution in [0.1, 0.15) is 27.8 Å². The molecule has 0 fully saturated rings. The molecule has 8 aromatic carbocycles. The van der Waals surface area contributed by atoms with Crippen molar-refractivity contribution in [3.8, 4) is 74.5 Å². The molecule has 0 N–H and O–H groups in total. The topological polar surface area (TPSA) is 103 Å². The van der Waals surface area contributed by atoms with E-state index in [-0.39, 0.29) is 40.2 Å². The summed E-state index contributed by atoms with van der Waals surface area (Å²) in [5, 5.41) is 51.4. The number of nitrogens with zero attached hydrogens (tertiary/aromatic N) is 6. The van der Waals surface area contributed by atoms with Gasteiger partial charge in [0.1, 0.15) is 24.3 Å². The summed E-state index contributed by atoms with van der Waals surface area (Å²) in [5.74, 6) is 0. The minimum atomic E-state index is 0.0148. The smallest absolute Gasteiger partial charge is 0.103 e. The van der Waals surface area contributed by atoms with Crippen molar-refractivity contribution in [2.24, 2.45) is 0 Å². The Morgan fingerprint density at radius 1 is 0.443 bits per heavy atom. The first-order chi connectivity index (χ1) is 30.1. The Kier molecular flexibility index (Phi) is 7.01. The standard InChI is InChI=1S/C55H28N6/c1-31-13-3-2-10-24-60(52-39-21-11-19-37-32-14-4-6-16-34(32)42(50(37)39)25-41(31)52)53-45(27-56)47(29-58)55(48(30-59)46(53)28-57)61-49-23-9-8-18-36(49)44-26-43-35-17-7-5-15-33(35)38-20-12-22-40(51(38)43)54(44)61/h2-23,25-26H,1,24H2/b10-2-,13-3-. The number of hydrogen-bond acceptors (Lipinski definition) is 5. The largest absolute Gasteiger partial charge is 0.334 e. The molecule has 1 aromatic heterocycles. The normalized spacial score (nSPS) is 14.0. The predicted molar refractivity (Wildman–Crippen MR) is 244 cm³/mol. The van der Waals surface area contributed by atoms with Gasteiger partial charge in [-0.25, -0.2) is 0 Å². The van der Waals surface area contributed by atoms with Gasteiger partial charge in [-0.15, -0.1) is 0 Å². The first-order valence-corrected chi connectivity index (χ1v) is 20.0. The van der Waals surface area contributed by atoms with Gasteiger partial charge in [0.25, 0.3) is 0 Å². The zero-order valence-electron chi connectivity index (χ0n) is 32.5. The minimum Gasteiger partial charge on any atom is -0.334 e. The van der Waals surface area contributed by atoms with E-state index in [1.165, 1.54) is 0 Å². The van der Waals surface area contributed by atoms with Gasteiger partial charge in [-0.05, 0) is 79.1 Å². The average molecular weight is 773 g/mol. The summed E-state index contributed by atoms with van der Waals surface area (Å²) in [6.07, 6.45) is 7.77. The second-order valence-electron chi connectivity index (χ2n) is 15.6. The molecule has 0 radical (unpaired) electrons. The summed E-state index contributed by atoms with van der Waals surface area (Å²) in [4.78, 5) is 1.94. The lowest BCUT2D eigenvalue weighted by molar-refractivity contribution is 1.07. The van der Waals surface area contributed by atoms with E-state index in [2.05, 4.69) is 97.6 Å². The number of rotatable bonds is 2. The average Bonchev–Trinajstić information content (AvgIpc) is 3.95. The number of allylic oxidation sites excluding steroid dienone is 4. The predicted octanol–water partition coefficient (Wildman–Crippen LogP) is 13.1. The van der Waals surface area contributed by atoms with Crippen molar-refractivity contribution >= 4 is 60.3 Å².